The summed E-state index contributed by atoms with van der Waals surface area (Å²) in [5, 5.41) is 0.270. The van der Waals surface area contributed by atoms with E-state index in [1.165, 1.54) is 17.0 Å². The van der Waals surface area contributed by atoms with E-state index >= 15 is 0 Å². The molecule has 1 aliphatic rings. The largest absolute Gasteiger partial charge is 0.491 e. The number of ether oxygens (including phenoxy) is 2. The highest BCUT2D eigenvalue weighted by molar-refractivity contribution is 6.30. The summed E-state index contributed by atoms with van der Waals surface area (Å²) in [6.07, 6.45) is -4.28. The van der Waals surface area contributed by atoms with Crippen LogP contribution in [0.15, 0.2) is 24.3 Å². The Morgan fingerprint density at radius 1 is 1.19 bits per heavy atom. The first-order chi connectivity index (χ1) is 14.4. The van der Waals surface area contributed by atoms with E-state index in [-0.39, 0.29) is 17.5 Å². The van der Waals surface area contributed by atoms with Gasteiger partial charge in [0.1, 0.15) is 29.8 Å². The second kappa shape index (κ2) is 8.61. The van der Waals surface area contributed by atoms with Gasteiger partial charge in [0, 0.05) is 19.5 Å². The molecule has 0 saturated heterocycles. The molecule has 1 aliphatic heterocycles. The lowest BCUT2D eigenvalue weighted by Crippen LogP contribution is -2.46. The second-order valence-corrected chi connectivity index (χ2v) is 8.59. The van der Waals surface area contributed by atoms with Crippen molar-refractivity contribution in [2.75, 3.05) is 13.2 Å². The molecule has 0 spiro atoms. The first-order valence-corrected chi connectivity index (χ1v) is 10.3. The van der Waals surface area contributed by atoms with Crippen molar-refractivity contribution >= 4 is 17.7 Å². The average molecular weight is 460 g/mol. The van der Waals surface area contributed by atoms with Gasteiger partial charge in [-0.05, 0) is 45.0 Å². The molecule has 1 aromatic heterocycles. The smallest absolute Gasteiger partial charge is 0.416 e. The summed E-state index contributed by atoms with van der Waals surface area (Å²) in [5.74, 6) is 1.05. The van der Waals surface area contributed by atoms with Gasteiger partial charge in [-0.15, -0.1) is 0 Å². The molecular weight excluding hydrogens is 435 g/mol. The van der Waals surface area contributed by atoms with Crippen molar-refractivity contribution in [1.82, 2.24) is 14.5 Å². The Morgan fingerprint density at radius 2 is 1.84 bits per heavy atom. The first kappa shape index (κ1) is 23.2. The molecule has 0 radical (unpaired) electrons. The van der Waals surface area contributed by atoms with Gasteiger partial charge >= 0.3 is 12.3 Å². The third-order valence-electron chi connectivity index (χ3n) is 4.83. The molecule has 170 valence electrons. The van der Waals surface area contributed by atoms with E-state index < -0.39 is 29.5 Å². The highest BCUT2D eigenvalue weighted by Crippen LogP contribution is 2.35. The van der Waals surface area contributed by atoms with Gasteiger partial charge in [0.2, 0.25) is 0 Å². The number of hydrogen-bond donors (Lipinski definition) is 0. The summed E-state index contributed by atoms with van der Waals surface area (Å²) in [5.41, 5.74) is -0.824. The summed E-state index contributed by atoms with van der Waals surface area (Å²) in [6, 6.07) is 3.80. The van der Waals surface area contributed by atoms with Gasteiger partial charge in [-0.25, -0.2) is 9.78 Å². The van der Waals surface area contributed by atoms with E-state index in [2.05, 4.69) is 4.98 Å². The highest BCUT2D eigenvalue weighted by Gasteiger charge is 2.38. The van der Waals surface area contributed by atoms with Gasteiger partial charge in [-0.3, -0.25) is 4.90 Å². The van der Waals surface area contributed by atoms with Gasteiger partial charge in [0.25, 0.3) is 0 Å². The monoisotopic (exact) mass is 459 g/mol. The molecule has 31 heavy (non-hydrogen) atoms. The fourth-order valence-electron chi connectivity index (χ4n) is 3.45. The van der Waals surface area contributed by atoms with Crippen LogP contribution in [0.3, 0.4) is 0 Å². The number of aryl methyl sites for hydroxylation is 1. The number of imidazole rings is 1. The first-order valence-electron chi connectivity index (χ1n) is 9.95. The Bertz CT molecular complexity index is 936. The molecule has 2 aromatic rings. The van der Waals surface area contributed by atoms with Crippen molar-refractivity contribution in [3.8, 4) is 5.75 Å². The van der Waals surface area contributed by atoms with Crippen molar-refractivity contribution in [1.29, 1.82) is 0 Å². The quantitative estimate of drug-likeness (QED) is 0.606. The van der Waals surface area contributed by atoms with Crippen molar-refractivity contribution in [2.24, 2.45) is 0 Å². The number of carbonyl (C=O) groups is 1. The van der Waals surface area contributed by atoms with Crippen LogP contribution in [0.5, 0.6) is 5.75 Å². The molecule has 1 unspecified atom stereocenters. The zero-order chi connectivity index (χ0) is 23.0. The van der Waals surface area contributed by atoms with E-state index in [0.29, 0.717) is 25.2 Å². The second-order valence-electron chi connectivity index (χ2n) is 8.23. The molecule has 0 fully saturated rings. The molecule has 6 nitrogen and oxygen atoms in total. The van der Waals surface area contributed by atoms with Crippen LogP contribution in [-0.2, 0) is 23.9 Å². The number of aromatic nitrogens is 2. The summed E-state index contributed by atoms with van der Waals surface area (Å²) >= 11 is 6.40. The van der Waals surface area contributed by atoms with E-state index in [0.717, 1.165) is 18.0 Å². The van der Waals surface area contributed by atoms with Gasteiger partial charge in [-0.1, -0.05) is 18.5 Å². The molecule has 1 amide bonds. The predicted octanol–water partition coefficient (Wildman–Crippen LogP) is 5.49. The Hall–Kier alpha value is -2.42. The molecule has 10 heteroatoms. The number of hydrogen-bond acceptors (Lipinski definition) is 4. The van der Waals surface area contributed by atoms with Gasteiger partial charge in [0.05, 0.1) is 11.3 Å². The number of benzene rings is 1. The lowest BCUT2D eigenvalue weighted by molar-refractivity contribution is -0.137. The number of alkyl halides is 3. The van der Waals surface area contributed by atoms with E-state index in [4.69, 9.17) is 21.1 Å². The maximum atomic E-state index is 12.8. The fraction of sp³-hybridized carbons (Fsp3) is 0.524. The Morgan fingerprint density at radius 3 is 2.39 bits per heavy atom. The number of rotatable bonds is 4. The predicted molar refractivity (Wildman–Crippen MR) is 109 cm³/mol. The fourth-order valence-corrected chi connectivity index (χ4v) is 3.78. The molecule has 0 saturated carbocycles. The third-order valence-corrected chi connectivity index (χ3v) is 5.11. The van der Waals surface area contributed by atoms with Crippen LogP contribution in [0.4, 0.5) is 18.0 Å². The number of amides is 1. The molecule has 0 bridgehead atoms. The molecular formula is C21H25ClF3N3O3. The van der Waals surface area contributed by atoms with Crippen LogP contribution in [0.2, 0.25) is 5.15 Å². The molecule has 1 atom stereocenters. The average Bonchev–Trinajstić information content (AvgIpc) is 3.00. The lowest BCUT2D eigenvalue weighted by atomic mass is 10.1. The maximum Gasteiger partial charge on any atom is 0.416 e. The Labute approximate surface area is 183 Å². The van der Waals surface area contributed by atoms with Crippen molar-refractivity contribution < 1.29 is 27.4 Å². The van der Waals surface area contributed by atoms with Crippen LogP contribution in [0.25, 0.3) is 0 Å². The van der Waals surface area contributed by atoms with E-state index in [1.807, 2.05) is 11.5 Å². The lowest BCUT2D eigenvalue weighted by Gasteiger charge is -2.37. The van der Waals surface area contributed by atoms with Crippen LogP contribution in [0, 0.1) is 0 Å². The van der Waals surface area contributed by atoms with Crippen molar-refractivity contribution in [3.05, 3.63) is 46.5 Å². The number of fused-ring (bicyclic) bond motifs is 1. The summed E-state index contributed by atoms with van der Waals surface area (Å²) in [4.78, 5) is 18.8. The zero-order valence-corrected chi connectivity index (χ0v) is 18.5. The minimum Gasteiger partial charge on any atom is -0.491 e. The standard InChI is InChI=1S/C21H25ClF3N3O3/c1-5-16-26-18(22)17-15(12-30-14-8-6-13(7-9-14)21(23,24)25)27(10-11-28(16)17)19(29)31-20(2,3)4/h6-9,15H,5,10-12H2,1-4H3. The van der Waals surface area contributed by atoms with E-state index in [1.54, 1.807) is 20.8 Å². The van der Waals surface area contributed by atoms with Crippen LogP contribution >= 0.6 is 11.6 Å². The SMILES string of the molecule is CCc1nc(Cl)c2n1CCN(C(=O)OC(C)(C)C)C2COc1ccc(C(F)(F)F)cc1. The van der Waals surface area contributed by atoms with E-state index in [9.17, 15) is 18.0 Å². The van der Waals surface area contributed by atoms with Gasteiger partial charge in [-0.2, -0.15) is 13.2 Å². The number of nitrogens with zero attached hydrogens (tertiary/aromatic N) is 3. The van der Waals surface area contributed by atoms with Crippen LogP contribution in [-0.4, -0.2) is 39.3 Å². The zero-order valence-electron chi connectivity index (χ0n) is 17.8. The number of halogens is 4. The van der Waals surface area contributed by atoms with Gasteiger partial charge in [0.15, 0.2) is 5.15 Å². The molecule has 0 N–H and O–H groups in total. The summed E-state index contributed by atoms with van der Waals surface area (Å²) < 4.78 is 51.6. The Balaban J connectivity index is 1.87. The van der Waals surface area contributed by atoms with Crippen LogP contribution in [0.1, 0.15) is 50.8 Å². The molecule has 2 heterocycles. The maximum absolute atomic E-state index is 12.8. The topological polar surface area (TPSA) is 56.6 Å². The minimum atomic E-state index is -4.42. The number of carbonyl (C=O) groups excluding carboxylic acids is 1. The molecule has 0 aliphatic carbocycles. The normalized spacial score (nSPS) is 16.8. The molecule has 3 rings (SSSR count). The third kappa shape index (κ3) is 5.26. The highest BCUT2D eigenvalue weighted by atomic mass is 35.5. The minimum absolute atomic E-state index is 0.0147. The summed E-state index contributed by atoms with van der Waals surface area (Å²) in [7, 11) is 0. The molecule has 1 aromatic carbocycles. The van der Waals surface area contributed by atoms with Crippen molar-refractivity contribution in [3.63, 3.8) is 0 Å². The summed E-state index contributed by atoms with van der Waals surface area (Å²) in [6.45, 7) is 8.13. The van der Waals surface area contributed by atoms with Crippen LogP contribution < -0.4 is 4.74 Å². The van der Waals surface area contributed by atoms with Crippen molar-refractivity contribution in [2.45, 2.75) is 58.5 Å². The Kier molecular flexibility index (Phi) is 6.45. The van der Waals surface area contributed by atoms with Gasteiger partial charge < -0.3 is 14.0 Å².